The molecule has 0 spiro atoms. The molecule has 1 aliphatic rings. The summed E-state index contributed by atoms with van der Waals surface area (Å²) >= 11 is 0. The van der Waals surface area contributed by atoms with Gasteiger partial charge in [-0.15, -0.1) is 0 Å². The molecule has 2 heteroatoms. The standard InChI is InChI=1S/C5H10FN/c6-3-4-1-2-5(4)7/h4-5H,1-3,7H2. The van der Waals surface area contributed by atoms with E-state index in [1.54, 1.807) is 0 Å². The molecule has 0 aromatic heterocycles. The summed E-state index contributed by atoms with van der Waals surface area (Å²) in [6.07, 6.45) is 2.02. The van der Waals surface area contributed by atoms with E-state index in [0.717, 1.165) is 12.8 Å². The average Bonchev–Trinajstić information content (AvgIpc) is 1.65. The molecule has 2 atom stereocenters. The lowest BCUT2D eigenvalue weighted by Crippen LogP contribution is -2.40. The van der Waals surface area contributed by atoms with E-state index in [4.69, 9.17) is 5.73 Å². The predicted molar refractivity (Wildman–Crippen MR) is 26.7 cm³/mol. The molecule has 0 aliphatic heterocycles. The lowest BCUT2D eigenvalue weighted by molar-refractivity contribution is 0.202. The molecule has 1 saturated carbocycles. The number of nitrogens with two attached hydrogens (primary N) is 1. The third-order valence-corrected chi connectivity index (χ3v) is 1.67. The van der Waals surface area contributed by atoms with Crippen molar-refractivity contribution in [1.29, 1.82) is 0 Å². The summed E-state index contributed by atoms with van der Waals surface area (Å²) in [5, 5.41) is 0. The fraction of sp³-hybridized carbons (Fsp3) is 1.00. The molecule has 0 heterocycles. The molecule has 0 bridgehead atoms. The Morgan fingerprint density at radius 1 is 1.57 bits per heavy atom. The number of alkyl halides is 1. The van der Waals surface area contributed by atoms with Crippen LogP contribution in [0.5, 0.6) is 0 Å². The SMILES string of the molecule is NC1CCC1CF. The minimum atomic E-state index is -0.221. The van der Waals surface area contributed by atoms with Crippen molar-refractivity contribution in [3.63, 3.8) is 0 Å². The predicted octanol–water partition coefficient (Wildman–Crippen LogP) is 0.693. The molecule has 1 nitrogen and oxygen atoms in total. The van der Waals surface area contributed by atoms with Crippen LogP contribution in [0, 0.1) is 5.92 Å². The van der Waals surface area contributed by atoms with Crippen molar-refractivity contribution in [3.8, 4) is 0 Å². The Hall–Kier alpha value is -0.110. The van der Waals surface area contributed by atoms with Crippen LogP contribution in [0.25, 0.3) is 0 Å². The van der Waals surface area contributed by atoms with Crippen LogP contribution in [0.4, 0.5) is 4.39 Å². The van der Waals surface area contributed by atoms with Crippen LogP contribution in [0.1, 0.15) is 12.8 Å². The highest BCUT2D eigenvalue weighted by molar-refractivity contribution is 4.82. The highest BCUT2D eigenvalue weighted by atomic mass is 19.1. The van der Waals surface area contributed by atoms with E-state index in [1.165, 1.54) is 0 Å². The van der Waals surface area contributed by atoms with Gasteiger partial charge in [0.15, 0.2) is 0 Å². The van der Waals surface area contributed by atoms with Gasteiger partial charge in [0.25, 0.3) is 0 Å². The Labute approximate surface area is 42.7 Å². The van der Waals surface area contributed by atoms with Crippen LogP contribution >= 0.6 is 0 Å². The summed E-state index contributed by atoms with van der Waals surface area (Å²) in [7, 11) is 0. The van der Waals surface area contributed by atoms with E-state index in [2.05, 4.69) is 0 Å². The number of halogens is 1. The minimum absolute atomic E-state index is 0.171. The Morgan fingerprint density at radius 2 is 2.29 bits per heavy atom. The minimum Gasteiger partial charge on any atom is -0.327 e. The maximum absolute atomic E-state index is 11.6. The van der Waals surface area contributed by atoms with Crippen molar-refractivity contribution in [2.24, 2.45) is 11.7 Å². The Morgan fingerprint density at radius 3 is 2.29 bits per heavy atom. The molecule has 1 aliphatic carbocycles. The van der Waals surface area contributed by atoms with E-state index < -0.39 is 0 Å². The molecule has 7 heavy (non-hydrogen) atoms. The summed E-state index contributed by atoms with van der Waals surface area (Å²) in [5.74, 6) is 0.194. The van der Waals surface area contributed by atoms with E-state index in [-0.39, 0.29) is 18.6 Å². The molecule has 2 N–H and O–H groups in total. The zero-order valence-electron chi connectivity index (χ0n) is 4.23. The van der Waals surface area contributed by atoms with E-state index in [9.17, 15) is 4.39 Å². The molecule has 0 aromatic carbocycles. The lowest BCUT2D eigenvalue weighted by Gasteiger charge is -2.30. The Balaban J connectivity index is 2.16. The number of rotatable bonds is 1. The normalized spacial score (nSPS) is 40.3. The van der Waals surface area contributed by atoms with Crippen molar-refractivity contribution in [2.75, 3.05) is 6.67 Å². The second-order valence-electron chi connectivity index (χ2n) is 2.16. The second kappa shape index (κ2) is 1.78. The van der Waals surface area contributed by atoms with Gasteiger partial charge in [-0.05, 0) is 12.8 Å². The average molecular weight is 103 g/mol. The van der Waals surface area contributed by atoms with Gasteiger partial charge in [0, 0.05) is 12.0 Å². The lowest BCUT2D eigenvalue weighted by atomic mass is 9.81. The summed E-state index contributed by atoms with van der Waals surface area (Å²) in [6.45, 7) is -0.221. The smallest absolute Gasteiger partial charge is 0.0937 e. The van der Waals surface area contributed by atoms with Gasteiger partial charge in [-0.3, -0.25) is 4.39 Å². The Kier molecular flexibility index (Phi) is 1.28. The van der Waals surface area contributed by atoms with Crippen LogP contribution < -0.4 is 5.73 Å². The quantitative estimate of drug-likeness (QED) is 0.519. The monoisotopic (exact) mass is 103 g/mol. The third-order valence-electron chi connectivity index (χ3n) is 1.67. The van der Waals surface area contributed by atoms with Crippen molar-refractivity contribution < 1.29 is 4.39 Å². The van der Waals surface area contributed by atoms with Gasteiger partial charge in [0.1, 0.15) is 0 Å². The van der Waals surface area contributed by atoms with Crippen LogP contribution in [-0.2, 0) is 0 Å². The molecule has 0 radical (unpaired) electrons. The number of hydrogen-bond acceptors (Lipinski definition) is 1. The summed E-state index contributed by atoms with van der Waals surface area (Å²) in [6, 6.07) is 0.171. The van der Waals surface area contributed by atoms with Crippen LogP contribution in [0.15, 0.2) is 0 Å². The van der Waals surface area contributed by atoms with E-state index >= 15 is 0 Å². The van der Waals surface area contributed by atoms with Crippen molar-refractivity contribution in [3.05, 3.63) is 0 Å². The Bertz CT molecular complexity index is 63.1. The summed E-state index contributed by atoms with van der Waals surface area (Å²) in [5.41, 5.74) is 5.39. The topological polar surface area (TPSA) is 26.0 Å². The highest BCUT2D eigenvalue weighted by Crippen LogP contribution is 2.25. The summed E-state index contributed by atoms with van der Waals surface area (Å²) < 4.78 is 11.6. The molecule has 1 fully saturated rings. The first-order valence-electron chi connectivity index (χ1n) is 2.66. The van der Waals surface area contributed by atoms with Gasteiger partial charge in [-0.25, -0.2) is 0 Å². The molecule has 0 saturated heterocycles. The fourth-order valence-electron chi connectivity index (χ4n) is 0.786. The van der Waals surface area contributed by atoms with Crippen LogP contribution in [0.2, 0.25) is 0 Å². The second-order valence-corrected chi connectivity index (χ2v) is 2.16. The van der Waals surface area contributed by atoms with Gasteiger partial charge < -0.3 is 5.73 Å². The molecular weight excluding hydrogens is 93.1 g/mol. The van der Waals surface area contributed by atoms with Gasteiger partial charge in [0.2, 0.25) is 0 Å². The molecule has 42 valence electrons. The first kappa shape index (κ1) is 5.04. The van der Waals surface area contributed by atoms with Gasteiger partial charge >= 0.3 is 0 Å². The first-order valence-corrected chi connectivity index (χ1v) is 2.66. The largest absolute Gasteiger partial charge is 0.327 e. The molecular formula is C5H10FN. The zero-order valence-corrected chi connectivity index (χ0v) is 4.23. The number of hydrogen-bond donors (Lipinski definition) is 1. The van der Waals surface area contributed by atoms with Crippen molar-refractivity contribution in [1.82, 2.24) is 0 Å². The zero-order chi connectivity index (χ0) is 5.28. The molecule has 0 amide bonds. The van der Waals surface area contributed by atoms with Crippen LogP contribution in [-0.4, -0.2) is 12.7 Å². The molecule has 2 unspecified atom stereocenters. The maximum atomic E-state index is 11.6. The van der Waals surface area contributed by atoms with Crippen molar-refractivity contribution in [2.45, 2.75) is 18.9 Å². The van der Waals surface area contributed by atoms with Gasteiger partial charge in [0.05, 0.1) is 6.67 Å². The van der Waals surface area contributed by atoms with E-state index in [0.29, 0.717) is 0 Å². The maximum Gasteiger partial charge on any atom is 0.0937 e. The third kappa shape index (κ3) is 0.752. The highest BCUT2D eigenvalue weighted by Gasteiger charge is 2.26. The first-order chi connectivity index (χ1) is 3.34. The molecule has 1 rings (SSSR count). The van der Waals surface area contributed by atoms with Crippen molar-refractivity contribution >= 4 is 0 Å². The van der Waals surface area contributed by atoms with Crippen LogP contribution in [0.3, 0.4) is 0 Å². The molecule has 0 aromatic rings. The van der Waals surface area contributed by atoms with Gasteiger partial charge in [-0.2, -0.15) is 0 Å². The van der Waals surface area contributed by atoms with Gasteiger partial charge in [-0.1, -0.05) is 0 Å². The van der Waals surface area contributed by atoms with E-state index in [1.807, 2.05) is 0 Å². The summed E-state index contributed by atoms with van der Waals surface area (Å²) in [4.78, 5) is 0. The fourth-order valence-corrected chi connectivity index (χ4v) is 0.786.